The number of piperidine rings is 2. The van der Waals surface area contributed by atoms with Crippen molar-refractivity contribution >= 4 is 58.3 Å². The minimum absolute atomic E-state index is 0.0982. The number of pyridine rings is 1. The molecule has 1 unspecified atom stereocenters. The van der Waals surface area contributed by atoms with E-state index in [4.69, 9.17) is 0 Å². The first kappa shape index (κ1) is 43.7. The Morgan fingerprint density at radius 1 is 0.719 bits per heavy atom. The van der Waals surface area contributed by atoms with Gasteiger partial charge in [-0.1, -0.05) is 0 Å². The Morgan fingerprint density at radius 2 is 1.42 bits per heavy atom. The molecule has 64 heavy (non-hydrogen) atoms. The molecule has 1 atom stereocenters. The molecule has 0 saturated carbocycles. The van der Waals surface area contributed by atoms with Crippen LogP contribution in [0, 0.1) is 29.2 Å². The number of hydrazine groups is 1. The monoisotopic (exact) mass is 879 g/mol. The molecular formula is C45H45F4N11O4. The number of piperazine rings is 1. The lowest BCUT2D eigenvalue weighted by atomic mass is 9.91. The maximum absolute atomic E-state index is 15.1. The van der Waals surface area contributed by atoms with Crippen LogP contribution in [0.5, 0.6) is 0 Å². The fourth-order valence-corrected chi connectivity index (χ4v) is 7.95. The van der Waals surface area contributed by atoms with Crippen LogP contribution in [0.25, 0.3) is 0 Å². The molecule has 3 fully saturated rings. The van der Waals surface area contributed by atoms with Crippen molar-refractivity contribution in [2.45, 2.75) is 38.0 Å². The van der Waals surface area contributed by atoms with Gasteiger partial charge in [-0.25, -0.2) is 32.5 Å². The maximum atomic E-state index is 15.1. The third kappa shape index (κ3) is 10.8. The van der Waals surface area contributed by atoms with Gasteiger partial charge in [0.05, 0.1) is 17.7 Å². The normalized spacial score (nSPS) is 17.4. The highest BCUT2D eigenvalue weighted by atomic mass is 19.1. The summed E-state index contributed by atoms with van der Waals surface area (Å²) in [5.74, 6) is -4.47. The average molecular weight is 880 g/mol. The Morgan fingerprint density at radius 3 is 2.12 bits per heavy atom. The van der Waals surface area contributed by atoms with Crippen LogP contribution in [-0.4, -0.2) is 94.3 Å². The van der Waals surface area contributed by atoms with Gasteiger partial charge in [-0.15, -0.1) is 0 Å². The standard InChI is InChI=1S/C45H45F4N11O4/c46-29-3-10-34(36(47)23-29)44(64)53-31-8-6-30(7-9-31)52-41-38(49)26-51-45(56-41)54-32-4-1-28(2-5-32)42(62)57-60-17-14-27(15-18-60)13-16-58-19-21-59(22-20-58)39-24-37(48)35(25-50-39)33-11-12-40(61)55-43(33)63/h1-10,23-27,33H,11-22H2,(H,53,64)(H,57,62)(H,55,61,63)(H2,51,52,54,56). The summed E-state index contributed by atoms with van der Waals surface area (Å²) >= 11 is 0. The smallest absolute Gasteiger partial charge is 0.265 e. The Hall–Kier alpha value is -6.99. The second kappa shape index (κ2) is 19.6. The van der Waals surface area contributed by atoms with Crippen LogP contribution in [0.15, 0.2) is 85.2 Å². The lowest BCUT2D eigenvalue weighted by molar-refractivity contribution is -0.134. The van der Waals surface area contributed by atoms with E-state index in [-0.39, 0.29) is 47.5 Å². The van der Waals surface area contributed by atoms with E-state index < -0.39 is 41.0 Å². The number of nitrogens with zero attached hydrogens (tertiary/aromatic N) is 6. The molecule has 3 aliphatic rings. The highest BCUT2D eigenvalue weighted by molar-refractivity contribution is 6.04. The van der Waals surface area contributed by atoms with Gasteiger partial charge in [-0.05, 0) is 98.8 Å². The van der Waals surface area contributed by atoms with Crippen molar-refractivity contribution < 1.29 is 36.7 Å². The fourth-order valence-electron chi connectivity index (χ4n) is 7.95. The van der Waals surface area contributed by atoms with Crippen LogP contribution >= 0.6 is 0 Å². The number of carbonyl (C=O) groups excluding carboxylic acids is 4. The first-order valence-electron chi connectivity index (χ1n) is 21.0. The average Bonchev–Trinajstić information content (AvgIpc) is 3.28. The summed E-state index contributed by atoms with van der Waals surface area (Å²) < 4.78 is 57.0. The fraction of sp³-hybridized carbons (Fsp3) is 0.311. The second-order valence-electron chi connectivity index (χ2n) is 15.9. The summed E-state index contributed by atoms with van der Waals surface area (Å²) in [5.41, 5.74) is 4.71. The third-order valence-corrected chi connectivity index (χ3v) is 11.6. The van der Waals surface area contributed by atoms with Gasteiger partial charge in [0, 0.05) is 92.2 Å². The van der Waals surface area contributed by atoms with E-state index in [1.165, 1.54) is 24.4 Å². The number of anilines is 6. The van der Waals surface area contributed by atoms with Gasteiger partial charge in [0.1, 0.15) is 23.3 Å². The molecule has 4 amide bonds. The molecule has 0 aliphatic carbocycles. The molecule has 19 heteroatoms. The van der Waals surface area contributed by atoms with Gasteiger partial charge in [0.2, 0.25) is 17.8 Å². The summed E-state index contributed by atoms with van der Waals surface area (Å²) in [4.78, 5) is 66.4. The number of carbonyl (C=O) groups is 4. The van der Waals surface area contributed by atoms with Gasteiger partial charge in [0.15, 0.2) is 11.6 Å². The molecule has 5 aromatic rings. The number of nitrogens with one attached hydrogen (secondary N) is 5. The van der Waals surface area contributed by atoms with Crippen LogP contribution in [-0.2, 0) is 9.59 Å². The predicted octanol–water partition coefficient (Wildman–Crippen LogP) is 6.26. The molecule has 5 N–H and O–H groups in total. The molecule has 0 bridgehead atoms. The van der Waals surface area contributed by atoms with Crippen LogP contribution in [0.4, 0.5) is 52.2 Å². The molecule has 8 rings (SSSR count). The molecule has 0 radical (unpaired) electrons. The summed E-state index contributed by atoms with van der Waals surface area (Å²) in [5, 5.41) is 12.6. The van der Waals surface area contributed by atoms with E-state index in [9.17, 15) is 32.3 Å². The quantitative estimate of drug-likeness (QED) is 0.0665. The largest absolute Gasteiger partial charge is 0.354 e. The van der Waals surface area contributed by atoms with Crippen molar-refractivity contribution in [3.8, 4) is 0 Å². The molecule has 3 aromatic carbocycles. The van der Waals surface area contributed by atoms with E-state index in [1.807, 2.05) is 5.01 Å². The zero-order valence-electron chi connectivity index (χ0n) is 34.6. The molecule has 3 saturated heterocycles. The Balaban J connectivity index is 0.742. The minimum Gasteiger partial charge on any atom is -0.354 e. The number of imide groups is 1. The number of hydrogen-bond donors (Lipinski definition) is 5. The third-order valence-electron chi connectivity index (χ3n) is 11.6. The molecule has 5 heterocycles. The summed E-state index contributed by atoms with van der Waals surface area (Å²) in [6.45, 7) is 5.48. The first-order chi connectivity index (χ1) is 30.9. The van der Waals surface area contributed by atoms with E-state index in [0.29, 0.717) is 53.5 Å². The van der Waals surface area contributed by atoms with Crippen molar-refractivity contribution in [1.82, 2.24) is 35.6 Å². The molecule has 3 aliphatic heterocycles. The molecule has 0 spiro atoms. The van der Waals surface area contributed by atoms with E-state index in [0.717, 1.165) is 70.3 Å². The van der Waals surface area contributed by atoms with Crippen molar-refractivity contribution in [3.63, 3.8) is 0 Å². The van der Waals surface area contributed by atoms with Crippen molar-refractivity contribution in [1.29, 1.82) is 0 Å². The molecule has 2 aromatic heterocycles. The summed E-state index contributed by atoms with van der Waals surface area (Å²) in [6.07, 6.45) is 5.82. The number of benzene rings is 3. The van der Waals surface area contributed by atoms with Gasteiger partial charge in [-0.3, -0.25) is 34.8 Å². The number of halogens is 4. The van der Waals surface area contributed by atoms with Gasteiger partial charge >= 0.3 is 0 Å². The number of aromatic nitrogens is 3. The Kier molecular flexibility index (Phi) is 13.4. The topological polar surface area (TPSA) is 177 Å². The minimum atomic E-state index is -0.988. The van der Waals surface area contributed by atoms with E-state index >= 15 is 4.39 Å². The van der Waals surface area contributed by atoms with Gasteiger partial charge < -0.3 is 20.9 Å². The van der Waals surface area contributed by atoms with Gasteiger partial charge in [0.25, 0.3) is 11.8 Å². The molecular weight excluding hydrogens is 835 g/mol. The zero-order valence-corrected chi connectivity index (χ0v) is 34.6. The number of rotatable bonds is 13. The van der Waals surface area contributed by atoms with Crippen LogP contribution < -0.4 is 31.6 Å². The lowest BCUT2D eigenvalue weighted by Gasteiger charge is -2.37. The Labute approximate surface area is 365 Å². The van der Waals surface area contributed by atoms with Crippen LogP contribution in [0.2, 0.25) is 0 Å². The highest BCUT2D eigenvalue weighted by Gasteiger charge is 2.31. The lowest BCUT2D eigenvalue weighted by Crippen LogP contribution is -2.48. The van der Waals surface area contributed by atoms with E-state index in [1.54, 1.807) is 36.4 Å². The van der Waals surface area contributed by atoms with Crippen molar-refractivity contribution in [3.05, 3.63) is 125 Å². The summed E-state index contributed by atoms with van der Waals surface area (Å²) in [6, 6.07) is 16.9. The van der Waals surface area contributed by atoms with Crippen molar-refractivity contribution in [2.75, 3.05) is 66.7 Å². The van der Waals surface area contributed by atoms with Crippen LogP contribution in [0.1, 0.15) is 64.3 Å². The predicted molar refractivity (Wildman–Crippen MR) is 230 cm³/mol. The van der Waals surface area contributed by atoms with Gasteiger partial charge in [-0.2, -0.15) is 4.98 Å². The molecule has 15 nitrogen and oxygen atoms in total. The first-order valence-corrected chi connectivity index (χ1v) is 21.0. The second-order valence-corrected chi connectivity index (χ2v) is 15.9. The summed E-state index contributed by atoms with van der Waals surface area (Å²) in [7, 11) is 0. The zero-order chi connectivity index (χ0) is 44.7. The van der Waals surface area contributed by atoms with E-state index in [2.05, 4.69) is 51.4 Å². The number of hydrogen-bond acceptors (Lipinski definition) is 12. The SMILES string of the molecule is O=C1CCC(c2cnc(N3CCN(CCC4CCN(NC(=O)c5ccc(Nc6ncc(F)c(Nc7ccc(NC(=O)c8ccc(F)cc8F)cc7)n6)cc5)CC4)CC3)cc2F)C(=O)N1. The Bertz CT molecular complexity index is 2520. The maximum Gasteiger partial charge on any atom is 0.265 e. The van der Waals surface area contributed by atoms with Crippen molar-refractivity contribution in [2.24, 2.45) is 5.92 Å². The number of amides is 4. The highest BCUT2D eigenvalue weighted by Crippen LogP contribution is 2.29. The van der Waals surface area contributed by atoms with Crippen LogP contribution in [0.3, 0.4) is 0 Å². The molecule has 332 valence electrons.